The summed E-state index contributed by atoms with van der Waals surface area (Å²) in [6.07, 6.45) is -0.902. The summed E-state index contributed by atoms with van der Waals surface area (Å²) < 4.78 is 24.5. The summed E-state index contributed by atoms with van der Waals surface area (Å²) in [5.74, 6) is -2.47. The molecule has 0 unspecified atom stereocenters. The molecular weight excluding hydrogens is 384 g/mol. The lowest BCUT2D eigenvalue weighted by Gasteiger charge is -2.15. The van der Waals surface area contributed by atoms with Crippen LogP contribution in [0.4, 0.5) is 20.2 Å². The summed E-state index contributed by atoms with van der Waals surface area (Å²) in [6, 6.07) is 11.9. The maximum Gasteiger partial charge on any atom is 0.288 e. The third-order valence-corrected chi connectivity index (χ3v) is 4.25. The summed E-state index contributed by atoms with van der Waals surface area (Å²) in [5, 5.41) is 26.7. The van der Waals surface area contributed by atoms with Gasteiger partial charge in [0.05, 0.1) is 11.0 Å². The Hall–Kier alpha value is -2.30. The van der Waals surface area contributed by atoms with Crippen LogP contribution in [0.5, 0.6) is 0 Å². The van der Waals surface area contributed by atoms with Crippen LogP contribution in [0.1, 0.15) is 11.7 Å². The first kappa shape index (κ1) is 20.0. The van der Waals surface area contributed by atoms with Crippen molar-refractivity contribution in [3.63, 3.8) is 0 Å². The van der Waals surface area contributed by atoms with Gasteiger partial charge in [0, 0.05) is 29.3 Å². The van der Waals surface area contributed by atoms with Gasteiger partial charge in [-0.2, -0.15) is 8.78 Å². The van der Waals surface area contributed by atoms with Crippen molar-refractivity contribution >= 4 is 40.5 Å². The predicted octanol–water partition coefficient (Wildman–Crippen LogP) is 3.93. The highest BCUT2D eigenvalue weighted by Crippen LogP contribution is 2.26. The quantitative estimate of drug-likeness (QED) is 0.281. The molecule has 10 heteroatoms. The topological polar surface area (TPSA) is 87.4 Å². The molecule has 0 fully saturated rings. The Morgan fingerprint density at radius 2 is 1.81 bits per heavy atom. The highest BCUT2D eigenvalue weighted by molar-refractivity contribution is 7.99. The lowest BCUT2D eigenvalue weighted by atomic mass is 10.1. The van der Waals surface area contributed by atoms with Crippen molar-refractivity contribution in [2.45, 2.75) is 16.8 Å². The van der Waals surface area contributed by atoms with Crippen LogP contribution in [0.2, 0.25) is 0 Å². The number of aliphatic hydroxyl groups excluding tert-OH is 1. The van der Waals surface area contributed by atoms with Gasteiger partial charge in [0.15, 0.2) is 5.11 Å². The highest BCUT2D eigenvalue weighted by Gasteiger charge is 2.11. The molecular formula is C16H15F2N3O3S2. The minimum Gasteiger partial charge on any atom is -0.387 e. The molecule has 0 aliphatic heterocycles. The molecule has 0 aliphatic rings. The van der Waals surface area contributed by atoms with Gasteiger partial charge >= 0.3 is 0 Å². The molecule has 0 spiro atoms. The van der Waals surface area contributed by atoms with E-state index in [9.17, 15) is 24.0 Å². The number of anilines is 1. The van der Waals surface area contributed by atoms with Crippen molar-refractivity contribution in [1.82, 2.24) is 5.32 Å². The normalized spacial score (nSPS) is 11.8. The highest BCUT2D eigenvalue weighted by atomic mass is 32.2. The molecule has 0 bridgehead atoms. The first-order valence-corrected chi connectivity index (χ1v) is 8.66. The number of thioether (sulfide) groups is 1. The number of nitro benzene ring substituents is 1. The van der Waals surface area contributed by atoms with Gasteiger partial charge in [-0.25, -0.2) is 0 Å². The number of benzene rings is 2. The van der Waals surface area contributed by atoms with Crippen molar-refractivity contribution < 1.29 is 18.8 Å². The third-order valence-electron chi connectivity index (χ3n) is 3.28. The Balaban J connectivity index is 1.83. The summed E-state index contributed by atoms with van der Waals surface area (Å²) in [7, 11) is 0. The zero-order chi connectivity index (χ0) is 19.1. The predicted molar refractivity (Wildman–Crippen MR) is 101 cm³/mol. The van der Waals surface area contributed by atoms with Gasteiger partial charge in [0.25, 0.3) is 11.4 Å². The van der Waals surface area contributed by atoms with Crippen molar-refractivity contribution in [2.24, 2.45) is 0 Å². The standard InChI is InChI=1S/C16H15F2N3O3S2/c17-15(18)26-13-7-3-11(4-8-13)20-16(25)19-9-14(22)10-1-5-12(6-2-10)21(23)24/h1-8,14-15,22H,9H2,(H2,19,20,25)/t14-/m1/s1. The van der Waals surface area contributed by atoms with Crippen molar-refractivity contribution in [1.29, 1.82) is 0 Å². The maximum atomic E-state index is 12.3. The minimum absolute atomic E-state index is 0.0560. The molecule has 0 aliphatic carbocycles. The van der Waals surface area contributed by atoms with E-state index in [-0.39, 0.29) is 17.3 Å². The number of alkyl halides is 2. The van der Waals surface area contributed by atoms with Crippen LogP contribution in [-0.2, 0) is 0 Å². The molecule has 0 radical (unpaired) electrons. The van der Waals surface area contributed by atoms with E-state index >= 15 is 0 Å². The van der Waals surface area contributed by atoms with Gasteiger partial charge in [0.2, 0.25) is 0 Å². The first-order valence-electron chi connectivity index (χ1n) is 7.37. The molecule has 0 amide bonds. The van der Waals surface area contributed by atoms with Gasteiger partial charge in [-0.3, -0.25) is 10.1 Å². The van der Waals surface area contributed by atoms with Crippen LogP contribution in [0.3, 0.4) is 0 Å². The van der Waals surface area contributed by atoms with Gasteiger partial charge in [-0.1, -0.05) is 11.8 Å². The molecule has 1 atom stereocenters. The summed E-state index contributed by atoms with van der Waals surface area (Å²) in [6.45, 7) is 0.100. The number of halogens is 2. The van der Waals surface area contributed by atoms with Gasteiger partial charge < -0.3 is 15.7 Å². The smallest absolute Gasteiger partial charge is 0.288 e. The molecule has 0 aromatic heterocycles. The number of non-ortho nitro benzene ring substituents is 1. The molecule has 26 heavy (non-hydrogen) atoms. The van der Waals surface area contributed by atoms with Crippen LogP contribution in [0.15, 0.2) is 53.4 Å². The monoisotopic (exact) mass is 399 g/mol. The number of aliphatic hydroxyl groups is 1. The van der Waals surface area contributed by atoms with E-state index < -0.39 is 16.8 Å². The average molecular weight is 399 g/mol. The van der Waals surface area contributed by atoms with E-state index in [1.807, 2.05) is 0 Å². The molecule has 0 heterocycles. The van der Waals surface area contributed by atoms with E-state index in [2.05, 4.69) is 10.6 Å². The molecule has 6 nitrogen and oxygen atoms in total. The Bertz CT molecular complexity index is 758. The second-order valence-corrected chi connectivity index (χ2v) is 6.57. The van der Waals surface area contributed by atoms with Crippen LogP contribution in [0, 0.1) is 10.1 Å². The molecule has 2 aromatic rings. The summed E-state index contributed by atoms with van der Waals surface area (Å²) >= 11 is 5.57. The van der Waals surface area contributed by atoms with E-state index in [0.717, 1.165) is 0 Å². The maximum absolute atomic E-state index is 12.3. The lowest BCUT2D eigenvalue weighted by molar-refractivity contribution is -0.384. The second kappa shape index (κ2) is 9.41. The van der Waals surface area contributed by atoms with Crippen LogP contribution < -0.4 is 10.6 Å². The fourth-order valence-electron chi connectivity index (χ4n) is 2.02. The SMILES string of the molecule is O=[N+]([O-])c1ccc([C@H](O)CNC(=S)Nc2ccc(SC(F)F)cc2)cc1. The Morgan fingerprint density at radius 3 is 2.35 bits per heavy atom. The fourth-order valence-corrected chi connectivity index (χ4v) is 2.72. The summed E-state index contributed by atoms with van der Waals surface area (Å²) in [5.41, 5.74) is 1.07. The number of thiocarbonyl (C=S) groups is 1. The van der Waals surface area contributed by atoms with Gasteiger partial charge in [-0.15, -0.1) is 0 Å². The molecule has 2 aromatic carbocycles. The molecule has 0 saturated carbocycles. The van der Waals surface area contributed by atoms with E-state index in [1.165, 1.54) is 24.3 Å². The average Bonchev–Trinajstić information content (AvgIpc) is 2.61. The zero-order valence-corrected chi connectivity index (χ0v) is 14.9. The van der Waals surface area contributed by atoms with Crippen LogP contribution in [-0.4, -0.2) is 27.4 Å². The van der Waals surface area contributed by atoms with E-state index in [0.29, 0.717) is 27.9 Å². The van der Waals surface area contributed by atoms with E-state index in [4.69, 9.17) is 12.2 Å². The van der Waals surface area contributed by atoms with Gasteiger partial charge in [0.1, 0.15) is 0 Å². The third kappa shape index (κ3) is 6.21. The summed E-state index contributed by atoms with van der Waals surface area (Å²) in [4.78, 5) is 10.5. The van der Waals surface area contributed by atoms with Crippen LogP contribution in [0.25, 0.3) is 0 Å². The molecule has 0 saturated heterocycles. The van der Waals surface area contributed by atoms with Gasteiger partial charge in [-0.05, 0) is 54.2 Å². The second-order valence-electron chi connectivity index (χ2n) is 5.10. The number of nitrogens with zero attached hydrogens (tertiary/aromatic N) is 1. The number of nitro groups is 1. The minimum atomic E-state index is -2.47. The molecule has 138 valence electrons. The van der Waals surface area contributed by atoms with E-state index in [1.54, 1.807) is 24.3 Å². The Morgan fingerprint density at radius 1 is 1.19 bits per heavy atom. The number of rotatable bonds is 7. The Kier molecular flexibility index (Phi) is 7.25. The number of hydrogen-bond acceptors (Lipinski definition) is 5. The van der Waals surface area contributed by atoms with Crippen LogP contribution >= 0.6 is 24.0 Å². The largest absolute Gasteiger partial charge is 0.387 e. The zero-order valence-electron chi connectivity index (χ0n) is 13.3. The van der Waals surface area contributed by atoms with Crippen molar-refractivity contribution in [3.05, 3.63) is 64.2 Å². The first-order chi connectivity index (χ1) is 12.3. The Labute approximate surface area is 157 Å². The fraction of sp³-hybridized carbons (Fsp3) is 0.188. The lowest BCUT2D eigenvalue weighted by Crippen LogP contribution is -2.32. The number of hydrogen-bond donors (Lipinski definition) is 3. The number of nitrogens with one attached hydrogen (secondary N) is 2. The molecule has 2 rings (SSSR count). The van der Waals surface area contributed by atoms with Crippen molar-refractivity contribution in [2.75, 3.05) is 11.9 Å². The molecule has 3 N–H and O–H groups in total. The van der Waals surface area contributed by atoms with Crippen molar-refractivity contribution in [3.8, 4) is 0 Å².